The van der Waals surface area contributed by atoms with Crippen molar-refractivity contribution >= 4 is 22.5 Å². The molecule has 5 heteroatoms. The largest absolute Gasteiger partial charge is 0.398 e. The number of aromatic nitrogens is 1. The second-order valence-corrected chi connectivity index (χ2v) is 5.93. The third-order valence-electron chi connectivity index (χ3n) is 3.97. The summed E-state index contributed by atoms with van der Waals surface area (Å²) in [7, 11) is 3.25. The minimum Gasteiger partial charge on any atom is -0.398 e. The minimum absolute atomic E-state index is 0.126. The Morgan fingerprint density at radius 3 is 2.46 bits per heavy atom. The highest BCUT2D eigenvalue weighted by Gasteiger charge is 2.18. The van der Waals surface area contributed by atoms with E-state index in [2.05, 4.69) is 0 Å². The van der Waals surface area contributed by atoms with Gasteiger partial charge < -0.3 is 15.2 Å². The molecule has 3 aromatic rings. The van der Waals surface area contributed by atoms with Gasteiger partial charge in [0.1, 0.15) is 5.56 Å². The molecule has 0 aliphatic rings. The summed E-state index contributed by atoms with van der Waals surface area (Å²) in [5.74, 6) is -0.327. The number of amides is 1. The van der Waals surface area contributed by atoms with Gasteiger partial charge in [0.2, 0.25) is 5.43 Å². The van der Waals surface area contributed by atoms with Crippen LogP contribution in [0.1, 0.15) is 15.9 Å². The van der Waals surface area contributed by atoms with Crippen molar-refractivity contribution in [2.45, 2.75) is 6.54 Å². The summed E-state index contributed by atoms with van der Waals surface area (Å²) in [5.41, 5.74) is 8.01. The Balaban J connectivity index is 2.28. The molecule has 0 saturated heterocycles. The lowest BCUT2D eigenvalue weighted by Gasteiger charge is -2.16. The zero-order valence-corrected chi connectivity index (χ0v) is 13.7. The van der Waals surface area contributed by atoms with Gasteiger partial charge in [0.15, 0.2) is 0 Å². The van der Waals surface area contributed by atoms with E-state index in [-0.39, 0.29) is 16.9 Å². The second kappa shape index (κ2) is 6.20. The number of nitrogen functional groups attached to an aromatic ring is 1. The predicted molar refractivity (Wildman–Crippen MR) is 96.2 cm³/mol. The molecule has 122 valence electrons. The fraction of sp³-hybridized carbons (Fsp3) is 0.158. The van der Waals surface area contributed by atoms with E-state index in [4.69, 9.17) is 5.73 Å². The maximum Gasteiger partial charge on any atom is 0.258 e. The first-order valence-electron chi connectivity index (χ1n) is 7.66. The lowest BCUT2D eigenvalue weighted by atomic mass is 10.1. The summed E-state index contributed by atoms with van der Waals surface area (Å²) in [5, 5.41) is 0.390. The number of carbonyl (C=O) groups excluding carboxylic acids is 1. The fourth-order valence-corrected chi connectivity index (χ4v) is 2.77. The van der Waals surface area contributed by atoms with E-state index in [0.717, 1.165) is 11.1 Å². The van der Waals surface area contributed by atoms with Crippen LogP contribution < -0.4 is 11.2 Å². The van der Waals surface area contributed by atoms with Gasteiger partial charge >= 0.3 is 0 Å². The maximum absolute atomic E-state index is 12.8. The molecule has 2 N–H and O–H groups in total. The van der Waals surface area contributed by atoms with Crippen LogP contribution in [0.15, 0.2) is 59.5 Å². The van der Waals surface area contributed by atoms with Crippen molar-refractivity contribution in [1.29, 1.82) is 0 Å². The Labute approximate surface area is 139 Å². The smallest absolute Gasteiger partial charge is 0.258 e. The summed E-state index contributed by atoms with van der Waals surface area (Å²) in [4.78, 5) is 26.6. The molecule has 0 aliphatic heterocycles. The summed E-state index contributed by atoms with van der Waals surface area (Å²) >= 11 is 0. The van der Waals surface area contributed by atoms with Gasteiger partial charge in [-0.15, -0.1) is 0 Å². The number of hydrogen-bond acceptors (Lipinski definition) is 3. The predicted octanol–water partition coefficient (Wildman–Crippen LogP) is 2.33. The number of hydrogen-bond donors (Lipinski definition) is 1. The first kappa shape index (κ1) is 15.8. The molecule has 1 amide bonds. The van der Waals surface area contributed by atoms with E-state index < -0.39 is 0 Å². The van der Waals surface area contributed by atoms with E-state index in [1.807, 2.05) is 47.0 Å². The molecule has 0 fully saturated rings. The molecule has 0 spiro atoms. The van der Waals surface area contributed by atoms with Crippen LogP contribution in [0.2, 0.25) is 0 Å². The number of benzene rings is 2. The minimum atomic E-state index is -0.328. The molecule has 5 nitrogen and oxygen atoms in total. The van der Waals surface area contributed by atoms with Crippen LogP contribution in [0.4, 0.5) is 5.69 Å². The van der Waals surface area contributed by atoms with Crippen LogP contribution in [-0.4, -0.2) is 29.5 Å². The first-order valence-corrected chi connectivity index (χ1v) is 7.66. The third-order valence-corrected chi connectivity index (χ3v) is 3.97. The monoisotopic (exact) mass is 321 g/mol. The SMILES string of the molecule is CN(C)C(=O)c1cn(Cc2ccccc2)c2cccc(N)c2c1=O. The fourth-order valence-electron chi connectivity index (χ4n) is 2.77. The summed E-state index contributed by atoms with van der Waals surface area (Å²) in [6.45, 7) is 0.550. The van der Waals surface area contributed by atoms with E-state index in [0.29, 0.717) is 17.6 Å². The number of rotatable bonds is 3. The highest BCUT2D eigenvalue weighted by atomic mass is 16.2. The molecule has 0 saturated carbocycles. The number of nitrogens with two attached hydrogens (primary N) is 1. The zero-order chi connectivity index (χ0) is 17.3. The number of nitrogens with zero attached hydrogens (tertiary/aromatic N) is 2. The van der Waals surface area contributed by atoms with Crippen LogP contribution in [0.3, 0.4) is 0 Å². The molecule has 1 aromatic heterocycles. The highest BCUT2D eigenvalue weighted by Crippen LogP contribution is 2.20. The van der Waals surface area contributed by atoms with Gasteiger partial charge in [-0.05, 0) is 17.7 Å². The van der Waals surface area contributed by atoms with E-state index in [1.165, 1.54) is 4.90 Å². The van der Waals surface area contributed by atoms with Gasteiger partial charge in [0.05, 0.1) is 10.9 Å². The van der Waals surface area contributed by atoms with Crippen LogP contribution >= 0.6 is 0 Å². The number of carbonyl (C=O) groups is 1. The van der Waals surface area contributed by atoms with E-state index in [1.54, 1.807) is 26.4 Å². The second-order valence-electron chi connectivity index (χ2n) is 5.93. The Bertz CT molecular complexity index is 960. The van der Waals surface area contributed by atoms with Crippen molar-refractivity contribution in [1.82, 2.24) is 9.47 Å². The molecule has 2 aromatic carbocycles. The average molecular weight is 321 g/mol. The summed E-state index contributed by atoms with van der Waals surface area (Å²) in [6, 6.07) is 15.2. The number of pyridine rings is 1. The average Bonchev–Trinajstić information content (AvgIpc) is 2.57. The van der Waals surface area contributed by atoms with Crippen LogP contribution in [0.25, 0.3) is 10.9 Å². The molecule has 1 heterocycles. The van der Waals surface area contributed by atoms with Gasteiger partial charge in [-0.1, -0.05) is 36.4 Å². The number of fused-ring (bicyclic) bond motifs is 1. The molecule has 0 radical (unpaired) electrons. The van der Waals surface area contributed by atoms with E-state index >= 15 is 0 Å². The normalized spacial score (nSPS) is 10.8. The molecule has 0 unspecified atom stereocenters. The molecule has 0 bridgehead atoms. The summed E-state index contributed by atoms with van der Waals surface area (Å²) in [6.07, 6.45) is 1.62. The van der Waals surface area contributed by atoms with Crippen LogP contribution in [-0.2, 0) is 6.54 Å². The lowest BCUT2D eigenvalue weighted by molar-refractivity contribution is 0.0826. The summed E-state index contributed by atoms with van der Waals surface area (Å²) < 4.78 is 1.90. The zero-order valence-electron chi connectivity index (χ0n) is 13.7. The first-order chi connectivity index (χ1) is 11.5. The molecule has 0 atom stereocenters. The lowest BCUT2D eigenvalue weighted by Crippen LogP contribution is -2.29. The maximum atomic E-state index is 12.8. The van der Waals surface area contributed by atoms with Crippen molar-refractivity contribution in [2.75, 3.05) is 19.8 Å². The Morgan fingerprint density at radius 1 is 1.08 bits per heavy atom. The molecule has 24 heavy (non-hydrogen) atoms. The third kappa shape index (κ3) is 2.76. The van der Waals surface area contributed by atoms with Crippen molar-refractivity contribution in [3.8, 4) is 0 Å². The quantitative estimate of drug-likeness (QED) is 0.753. The standard InChI is InChI=1S/C19H19N3O2/c1-21(2)19(24)14-12-22(11-13-7-4-3-5-8-13)16-10-6-9-15(20)17(16)18(14)23/h3-10,12H,11,20H2,1-2H3. The Hall–Kier alpha value is -3.08. The molecular weight excluding hydrogens is 302 g/mol. The number of anilines is 1. The van der Waals surface area contributed by atoms with Crippen molar-refractivity contribution in [3.63, 3.8) is 0 Å². The van der Waals surface area contributed by atoms with Crippen molar-refractivity contribution < 1.29 is 4.79 Å². The van der Waals surface area contributed by atoms with Crippen LogP contribution in [0.5, 0.6) is 0 Å². The van der Waals surface area contributed by atoms with Crippen molar-refractivity contribution in [2.24, 2.45) is 0 Å². The van der Waals surface area contributed by atoms with Crippen molar-refractivity contribution in [3.05, 3.63) is 76.1 Å². The molecule has 3 rings (SSSR count). The van der Waals surface area contributed by atoms with Gasteiger partial charge in [-0.2, -0.15) is 0 Å². The van der Waals surface area contributed by atoms with Gasteiger partial charge in [-0.25, -0.2) is 0 Å². The van der Waals surface area contributed by atoms with Gasteiger partial charge in [-0.3, -0.25) is 9.59 Å². The van der Waals surface area contributed by atoms with Gasteiger partial charge in [0, 0.05) is 32.5 Å². The Morgan fingerprint density at radius 2 is 1.79 bits per heavy atom. The topological polar surface area (TPSA) is 68.3 Å². The highest BCUT2D eigenvalue weighted by molar-refractivity contribution is 5.99. The molecule has 0 aliphatic carbocycles. The molecular formula is C19H19N3O2. The van der Waals surface area contributed by atoms with E-state index in [9.17, 15) is 9.59 Å². The van der Waals surface area contributed by atoms with Gasteiger partial charge in [0.25, 0.3) is 5.91 Å². The Kier molecular flexibility index (Phi) is 4.08. The van der Waals surface area contributed by atoms with Crippen LogP contribution in [0, 0.1) is 0 Å².